The molecule has 0 saturated heterocycles. The van der Waals surface area contributed by atoms with Crippen LogP contribution in [0.1, 0.15) is 24.2 Å². The smallest absolute Gasteiger partial charge is 0.128 e. The predicted octanol–water partition coefficient (Wildman–Crippen LogP) is 1.72. The van der Waals surface area contributed by atoms with Gasteiger partial charge in [-0.15, -0.1) is 0 Å². The maximum absolute atomic E-state index is 10.4. The molecule has 6 heteroatoms. The van der Waals surface area contributed by atoms with Gasteiger partial charge in [-0.1, -0.05) is 35.9 Å². The number of benzene rings is 2. The van der Waals surface area contributed by atoms with Gasteiger partial charge >= 0.3 is 0 Å². The first kappa shape index (κ1) is 19.2. The monoisotopic (exact) mass is 362 g/mol. The number of ether oxygens (including phenoxy) is 1. The minimum absolute atomic E-state index is 0.156. The Morgan fingerprint density at radius 2 is 2.00 bits per heavy atom. The molecule has 0 unspecified atom stereocenters. The maximum atomic E-state index is 10.4. The lowest BCUT2D eigenvalue weighted by Crippen LogP contribution is -2.32. The van der Waals surface area contributed by atoms with Gasteiger partial charge in [-0.3, -0.25) is 0 Å². The zero-order valence-electron chi connectivity index (χ0n) is 13.9. The Balaban J connectivity index is 1.79. The molecule has 2 N–H and O–H groups in total. The number of aliphatic carboxylic acids is 1. The van der Waals surface area contributed by atoms with Gasteiger partial charge in [0.25, 0.3) is 0 Å². The number of aliphatic hydroxyl groups excluding tert-OH is 1. The fourth-order valence-electron chi connectivity index (χ4n) is 2.43. The Hall–Kier alpha value is -2.08. The second kappa shape index (κ2) is 9.42. The molecule has 0 aliphatic carbocycles. The summed E-state index contributed by atoms with van der Waals surface area (Å²) in [6.07, 6.45) is 0.143. The molecule has 0 spiro atoms. The van der Waals surface area contributed by atoms with E-state index in [9.17, 15) is 15.0 Å². The summed E-state index contributed by atoms with van der Waals surface area (Å²) in [5.41, 5.74) is 1.86. The molecule has 0 heterocycles. The van der Waals surface area contributed by atoms with Crippen molar-refractivity contribution in [2.45, 2.75) is 25.5 Å². The average molecular weight is 363 g/mol. The SMILES string of the molecule is C[C@H](Cc1ccc(OCC(=O)[O-])cc1)NC[C@@H](O)c1cccc(Cl)c1. The topological polar surface area (TPSA) is 81.6 Å². The van der Waals surface area contributed by atoms with Crippen LogP contribution in [0.4, 0.5) is 0 Å². The van der Waals surface area contributed by atoms with Gasteiger partial charge in [0.1, 0.15) is 12.4 Å². The average Bonchev–Trinajstić information content (AvgIpc) is 2.59. The molecule has 0 bridgehead atoms. The van der Waals surface area contributed by atoms with Crippen LogP contribution >= 0.6 is 11.6 Å². The summed E-state index contributed by atoms with van der Waals surface area (Å²) in [6.45, 7) is 2.00. The molecule has 0 radical (unpaired) electrons. The molecule has 2 aromatic carbocycles. The highest BCUT2D eigenvalue weighted by Gasteiger charge is 2.10. The van der Waals surface area contributed by atoms with Crippen LogP contribution in [0.3, 0.4) is 0 Å². The molecule has 0 aliphatic heterocycles. The molecule has 0 fully saturated rings. The molecule has 0 saturated carbocycles. The number of carbonyl (C=O) groups is 1. The van der Waals surface area contributed by atoms with Crippen molar-refractivity contribution in [2.24, 2.45) is 0 Å². The molecule has 25 heavy (non-hydrogen) atoms. The lowest BCUT2D eigenvalue weighted by Gasteiger charge is -2.18. The highest BCUT2D eigenvalue weighted by Crippen LogP contribution is 2.17. The Bertz CT molecular complexity index is 690. The number of hydrogen-bond acceptors (Lipinski definition) is 5. The Morgan fingerprint density at radius 1 is 1.28 bits per heavy atom. The van der Waals surface area contributed by atoms with Crippen LogP contribution in [0.25, 0.3) is 0 Å². The van der Waals surface area contributed by atoms with Gasteiger partial charge in [0, 0.05) is 17.6 Å². The molecule has 0 aromatic heterocycles. The first-order valence-corrected chi connectivity index (χ1v) is 8.40. The van der Waals surface area contributed by atoms with Crippen LogP contribution in [0.2, 0.25) is 5.02 Å². The largest absolute Gasteiger partial charge is 0.546 e. The fraction of sp³-hybridized carbons (Fsp3) is 0.316. The van der Waals surface area contributed by atoms with E-state index in [1.807, 2.05) is 31.2 Å². The van der Waals surface area contributed by atoms with Crippen molar-refractivity contribution < 1.29 is 19.7 Å². The quantitative estimate of drug-likeness (QED) is 0.710. The van der Waals surface area contributed by atoms with Crippen molar-refractivity contribution in [3.8, 4) is 5.75 Å². The van der Waals surface area contributed by atoms with Crippen molar-refractivity contribution in [3.63, 3.8) is 0 Å². The lowest BCUT2D eigenvalue weighted by molar-refractivity contribution is -0.307. The lowest BCUT2D eigenvalue weighted by atomic mass is 10.1. The van der Waals surface area contributed by atoms with Gasteiger partial charge in [-0.2, -0.15) is 0 Å². The van der Waals surface area contributed by atoms with Crippen molar-refractivity contribution in [1.29, 1.82) is 0 Å². The van der Waals surface area contributed by atoms with E-state index < -0.39 is 18.7 Å². The first-order valence-electron chi connectivity index (χ1n) is 8.02. The number of carboxylic acid groups (broad SMARTS) is 1. The van der Waals surface area contributed by atoms with Crippen molar-refractivity contribution in [1.82, 2.24) is 5.32 Å². The number of carbonyl (C=O) groups excluding carboxylic acids is 1. The molecule has 5 nitrogen and oxygen atoms in total. The van der Waals surface area contributed by atoms with E-state index in [-0.39, 0.29) is 6.04 Å². The number of aliphatic hydroxyl groups is 1. The van der Waals surface area contributed by atoms with Gasteiger partial charge in [-0.25, -0.2) is 0 Å². The summed E-state index contributed by atoms with van der Waals surface area (Å²) in [7, 11) is 0. The predicted molar refractivity (Wildman–Crippen MR) is 94.5 cm³/mol. The van der Waals surface area contributed by atoms with Gasteiger partial charge in [-0.05, 0) is 48.7 Å². The summed E-state index contributed by atoms with van der Waals surface area (Å²) in [5.74, 6) is -0.759. The number of halogens is 1. The minimum atomic E-state index is -1.25. The molecule has 0 amide bonds. The Labute approximate surface area is 152 Å². The third-order valence-electron chi connectivity index (χ3n) is 3.72. The molecular formula is C19H21ClNO4-. The zero-order chi connectivity index (χ0) is 18.2. The van der Waals surface area contributed by atoms with Crippen LogP contribution in [-0.2, 0) is 11.2 Å². The Kier molecular flexibility index (Phi) is 7.25. The highest BCUT2D eigenvalue weighted by molar-refractivity contribution is 6.30. The fourth-order valence-corrected chi connectivity index (χ4v) is 2.63. The van der Waals surface area contributed by atoms with Gasteiger partial charge in [0.15, 0.2) is 0 Å². The van der Waals surface area contributed by atoms with Gasteiger partial charge in [0.2, 0.25) is 0 Å². The van der Waals surface area contributed by atoms with E-state index in [4.69, 9.17) is 16.3 Å². The summed E-state index contributed by atoms with van der Waals surface area (Å²) in [6, 6.07) is 14.6. The third-order valence-corrected chi connectivity index (χ3v) is 3.95. The molecular weight excluding hydrogens is 342 g/mol. The van der Waals surface area contributed by atoms with Crippen molar-refractivity contribution in [2.75, 3.05) is 13.2 Å². The maximum Gasteiger partial charge on any atom is 0.128 e. The van der Waals surface area contributed by atoms with E-state index in [1.54, 1.807) is 24.3 Å². The minimum Gasteiger partial charge on any atom is -0.546 e. The number of nitrogens with one attached hydrogen (secondary N) is 1. The van der Waals surface area contributed by atoms with Gasteiger partial charge < -0.3 is 25.1 Å². The standard InChI is InChI=1S/C19H22ClNO4/c1-13(21-11-18(22)15-3-2-4-16(20)10-15)9-14-5-7-17(8-6-14)25-12-19(23)24/h2-8,10,13,18,21-22H,9,11-12H2,1H3,(H,23,24)/p-1/t13-,18-/m1/s1. The summed E-state index contributed by atoms with van der Waals surface area (Å²) in [5, 5.41) is 24.5. The second-order valence-electron chi connectivity index (χ2n) is 5.89. The molecule has 2 atom stereocenters. The summed E-state index contributed by atoms with van der Waals surface area (Å²) < 4.78 is 5.04. The van der Waals surface area contributed by atoms with Crippen LogP contribution in [0.15, 0.2) is 48.5 Å². The van der Waals surface area contributed by atoms with Crippen LogP contribution in [-0.4, -0.2) is 30.3 Å². The second-order valence-corrected chi connectivity index (χ2v) is 6.33. The normalized spacial score (nSPS) is 13.2. The van der Waals surface area contributed by atoms with E-state index in [0.717, 1.165) is 17.5 Å². The highest BCUT2D eigenvalue weighted by atomic mass is 35.5. The molecule has 2 rings (SSSR count). The van der Waals surface area contributed by atoms with Crippen molar-refractivity contribution in [3.05, 3.63) is 64.7 Å². The Morgan fingerprint density at radius 3 is 2.64 bits per heavy atom. The van der Waals surface area contributed by atoms with E-state index in [2.05, 4.69) is 5.32 Å². The molecule has 2 aromatic rings. The molecule has 134 valence electrons. The van der Waals surface area contributed by atoms with Crippen LogP contribution < -0.4 is 15.2 Å². The van der Waals surface area contributed by atoms with Crippen molar-refractivity contribution >= 4 is 17.6 Å². The third kappa shape index (κ3) is 6.74. The molecule has 0 aliphatic rings. The van der Waals surface area contributed by atoms with E-state index in [1.165, 1.54) is 0 Å². The van der Waals surface area contributed by atoms with E-state index >= 15 is 0 Å². The summed E-state index contributed by atoms with van der Waals surface area (Å²) in [4.78, 5) is 10.4. The van der Waals surface area contributed by atoms with Gasteiger partial charge in [0.05, 0.1) is 12.1 Å². The zero-order valence-corrected chi connectivity index (χ0v) is 14.7. The number of hydrogen-bond donors (Lipinski definition) is 2. The van der Waals surface area contributed by atoms with Crippen LogP contribution in [0.5, 0.6) is 5.75 Å². The number of rotatable bonds is 9. The van der Waals surface area contributed by atoms with E-state index in [0.29, 0.717) is 17.3 Å². The number of carboxylic acids is 1. The first-order chi connectivity index (χ1) is 11.9. The summed E-state index contributed by atoms with van der Waals surface area (Å²) >= 11 is 5.93. The van der Waals surface area contributed by atoms with Crippen LogP contribution in [0, 0.1) is 0 Å².